The minimum Gasteiger partial charge on any atom is -0.324 e. The summed E-state index contributed by atoms with van der Waals surface area (Å²) in [6.07, 6.45) is 1.82. The van der Waals surface area contributed by atoms with Crippen molar-refractivity contribution in [1.82, 2.24) is 4.98 Å². The molecule has 0 saturated carbocycles. The number of thioether (sulfide) groups is 1. The number of aromatic nitrogens is 1. The number of rotatable bonds is 3. The summed E-state index contributed by atoms with van der Waals surface area (Å²) in [4.78, 5) is 4.32. The van der Waals surface area contributed by atoms with Crippen molar-refractivity contribution in [1.29, 1.82) is 0 Å². The second-order valence-corrected chi connectivity index (χ2v) is 4.92. The lowest BCUT2D eigenvalue weighted by Crippen LogP contribution is -2.07. The van der Waals surface area contributed by atoms with Gasteiger partial charge < -0.3 is 5.73 Å². The number of nitrogens with zero attached hydrogens (tertiary/aromatic N) is 1. The third-order valence-corrected chi connectivity index (χ3v) is 2.67. The van der Waals surface area contributed by atoms with Crippen molar-refractivity contribution in [3.63, 3.8) is 0 Å². The van der Waals surface area contributed by atoms with Gasteiger partial charge in [-0.2, -0.15) is 0 Å². The first-order chi connectivity index (χ1) is 6.11. The molecule has 1 rings (SSSR count). The number of hydrogen-bond donors (Lipinski definition) is 1. The second-order valence-electron chi connectivity index (χ2n) is 3.35. The molecule has 1 unspecified atom stereocenters. The van der Waals surface area contributed by atoms with Crippen LogP contribution in [0.1, 0.15) is 32.4 Å². The summed E-state index contributed by atoms with van der Waals surface area (Å²) in [6.45, 7) is 6.30. The van der Waals surface area contributed by atoms with Gasteiger partial charge >= 0.3 is 0 Å². The SMILES string of the molecule is CC(C)Sc1ncccc1C(C)N. The van der Waals surface area contributed by atoms with Crippen LogP contribution in [0.3, 0.4) is 0 Å². The van der Waals surface area contributed by atoms with Crippen molar-refractivity contribution in [2.24, 2.45) is 5.73 Å². The Morgan fingerprint density at radius 3 is 2.62 bits per heavy atom. The molecule has 0 aliphatic rings. The molecule has 1 heterocycles. The predicted octanol–water partition coefficient (Wildman–Crippen LogP) is 2.60. The predicted molar refractivity (Wildman–Crippen MR) is 57.8 cm³/mol. The Labute approximate surface area is 83.9 Å². The van der Waals surface area contributed by atoms with Gasteiger partial charge in [-0.05, 0) is 13.0 Å². The Morgan fingerprint density at radius 1 is 1.38 bits per heavy atom. The highest BCUT2D eigenvalue weighted by molar-refractivity contribution is 7.99. The fraction of sp³-hybridized carbons (Fsp3) is 0.500. The molecule has 1 aromatic heterocycles. The Kier molecular flexibility index (Phi) is 3.75. The zero-order valence-electron chi connectivity index (χ0n) is 8.32. The molecule has 1 aromatic rings. The van der Waals surface area contributed by atoms with Crippen molar-refractivity contribution < 1.29 is 0 Å². The van der Waals surface area contributed by atoms with E-state index in [2.05, 4.69) is 18.8 Å². The summed E-state index contributed by atoms with van der Waals surface area (Å²) in [5.74, 6) is 0. The molecule has 13 heavy (non-hydrogen) atoms. The summed E-state index contributed by atoms with van der Waals surface area (Å²) >= 11 is 1.76. The summed E-state index contributed by atoms with van der Waals surface area (Å²) in [7, 11) is 0. The Balaban J connectivity index is 2.91. The van der Waals surface area contributed by atoms with Crippen molar-refractivity contribution >= 4 is 11.8 Å². The maximum absolute atomic E-state index is 5.84. The van der Waals surface area contributed by atoms with E-state index < -0.39 is 0 Å². The van der Waals surface area contributed by atoms with Crippen molar-refractivity contribution in [2.75, 3.05) is 0 Å². The van der Waals surface area contributed by atoms with Crippen LogP contribution in [-0.2, 0) is 0 Å². The quantitative estimate of drug-likeness (QED) is 0.755. The van der Waals surface area contributed by atoms with Gasteiger partial charge in [0.2, 0.25) is 0 Å². The van der Waals surface area contributed by atoms with E-state index >= 15 is 0 Å². The third-order valence-electron chi connectivity index (χ3n) is 1.64. The lowest BCUT2D eigenvalue weighted by molar-refractivity contribution is 0.778. The van der Waals surface area contributed by atoms with Crippen LogP contribution in [0.2, 0.25) is 0 Å². The average Bonchev–Trinajstić information content (AvgIpc) is 2.03. The minimum absolute atomic E-state index is 0.0648. The van der Waals surface area contributed by atoms with Gasteiger partial charge in [-0.25, -0.2) is 4.98 Å². The Morgan fingerprint density at radius 2 is 2.08 bits per heavy atom. The molecular weight excluding hydrogens is 180 g/mol. The zero-order chi connectivity index (χ0) is 9.84. The van der Waals surface area contributed by atoms with E-state index in [0.717, 1.165) is 10.6 Å². The van der Waals surface area contributed by atoms with Gasteiger partial charge in [0.15, 0.2) is 0 Å². The normalized spacial score (nSPS) is 13.3. The van der Waals surface area contributed by atoms with Crippen LogP contribution >= 0.6 is 11.8 Å². The smallest absolute Gasteiger partial charge is 0.101 e. The first-order valence-electron chi connectivity index (χ1n) is 4.48. The topological polar surface area (TPSA) is 38.9 Å². The molecule has 1 atom stereocenters. The Hall–Kier alpha value is -0.540. The highest BCUT2D eigenvalue weighted by atomic mass is 32.2. The fourth-order valence-corrected chi connectivity index (χ4v) is 2.03. The monoisotopic (exact) mass is 196 g/mol. The summed E-state index contributed by atoms with van der Waals surface area (Å²) in [6, 6.07) is 4.04. The van der Waals surface area contributed by atoms with E-state index in [9.17, 15) is 0 Å². The zero-order valence-corrected chi connectivity index (χ0v) is 9.14. The Bertz CT molecular complexity index is 271. The van der Waals surface area contributed by atoms with E-state index in [1.807, 2.05) is 25.3 Å². The first-order valence-corrected chi connectivity index (χ1v) is 5.36. The standard InChI is InChI=1S/C10H16N2S/c1-7(2)13-10-9(8(3)11)5-4-6-12-10/h4-8H,11H2,1-3H3. The van der Waals surface area contributed by atoms with Crippen molar-refractivity contribution in [2.45, 2.75) is 37.1 Å². The molecular formula is C10H16N2S. The minimum atomic E-state index is 0.0648. The maximum atomic E-state index is 5.84. The molecule has 0 aliphatic heterocycles. The van der Waals surface area contributed by atoms with Gasteiger partial charge in [-0.15, -0.1) is 11.8 Å². The van der Waals surface area contributed by atoms with Gasteiger partial charge in [0.25, 0.3) is 0 Å². The lowest BCUT2D eigenvalue weighted by Gasteiger charge is -2.12. The molecule has 0 amide bonds. The van der Waals surface area contributed by atoms with Gasteiger partial charge in [0.1, 0.15) is 5.03 Å². The lowest BCUT2D eigenvalue weighted by atomic mass is 10.2. The van der Waals surface area contributed by atoms with Gasteiger partial charge in [0, 0.05) is 23.1 Å². The van der Waals surface area contributed by atoms with E-state index in [0.29, 0.717) is 5.25 Å². The molecule has 0 radical (unpaired) electrons. The summed E-state index contributed by atoms with van der Waals surface area (Å²) < 4.78 is 0. The molecule has 0 bridgehead atoms. The van der Waals surface area contributed by atoms with Crippen LogP contribution in [0.4, 0.5) is 0 Å². The van der Waals surface area contributed by atoms with Crippen molar-refractivity contribution in [3.05, 3.63) is 23.9 Å². The molecule has 0 saturated heterocycles. The van der Waals surface area contributed by atoms with Crippen molar-refractivity contribution in [3.8, 4) is 0 Å². The van der Waals surface area contributed by atoms with E-state index in [4.69, 9.17) is 5.73 Å². The highest BCUT2D eigenvalue weighted by Gasteiger charge is 2.08. The van der Waals surface area contributed by atoms with Crippen LogP contribution in [0.5, 0.6) is 0 Å². The first kappa shape index (κ1) is 10.5. The maximum Gasteiger partial charge on any atom is 0.101 e. The summed E-state index contributed by atoms with van der Waals surface area (Å²) in [5.41, 5.74) is 6.98. The second kappa shape index (κ2) is 4.63. The molecule has 0 spiro atoms. The number of pyridine rings is 1. The van der Waals surface area contributed by atoms with E-state index in [-0.39, 0.29) is 6.04 Å². The van der Waals surface area contributed by atoms with Gasteiger partial charge in [-0.3, -0.25) is 0 Å². The van der Waals surface area contributed by atoms with Crippen LogP contribution in [0.25, 0.3) is 0 Å². The number of hydrogen-bond acceptors (Lipinski definition) is 3. The molecule has 2 N–H and O–H groups in total. The van der Waals surface area contributed by atoms with Crippen LogP contribution in [0.15, 0.2) is 23.4 Å². The molecule has 72 valence electrons. The van der Waals surface area contributed by atoms with Gasteiger partial charge in [-0.1, -0.05) is 19.9 Å². The molecule has 0 aliphatic carbocycles. The largest absolute Gasteiger partial charge is 0.324 e. The van der Waals surface area contributed by atoms with Gasteiger partial charge in [0.05, 0.1) is 0 Å². The van der Waals surface area contributed by atoms with Crippen LogP contribution < -0.4 is 5.73 Å². The van der Waals surface area contributed by atoms with E-state index in [1.165, 1.54) is 0 Å². The molecule has 0 fully saturated rings. The molecule has 2 nitrogen and oxygen atoms in total. The fourth-order valence-electron chi connectivity index (χ4n) is 1.07. The average molecular weight is 196 g/mol. The van der Waals surface area contributed by atoms with Crippen LogP contribution in [-0.4, -0.2) is 10.2 Å². The highest BCUT2D eigenvalue weighted by Crippen LogP contribution is 2.26. The van der Waals surface area contributed by atoms with Crippen LogP contribution in [0, 0.1) is 0 Å². The summed E-state index contributed by atoms with van der Waals surface area (Å²) in [5, 5.41) is 1.61. The third kappa shape index (κ3) is 3.01. The molecule has 3 heteroatoms. The van der Waals surface area contributed by atoms with E-state index in [1.54, 1.807) is 11.8 Å². The molecule has 0 aromatic carbocycles. The number of nitrogens with two attached hydrogens (primary N) is 1.